The number of hydrogen-bond acceptors (Lipinski definition) is 8. The van der Waals surface area contributed by atoms with E-state index in [1.807, 2.05) is 0 Å². The van der Waals surface area contributed by atoms with E-state index in [1.54, 1.807) is 0 Å². The van der Waals surface area contributed by atoms with Gasteiger partial charge in [-0.25, -0.2) is 26.4 Å². The minimum absolute atomic E-state index is 0.0342. The van der Waals surface area contributed by atoms with E-state index in [9.17, 15) is 46.2 Å². The fraction of sp³-hybridized carbons (Fsp3) is 0.483. The fourth-order valence-corrected chi connectivity index (χ4v) is 9.17. The number of halogens is 4. The van der Waals surface area contributed by atoms with Crippen molar-refractivity contribution in [3.8, 4) is 0 Å². The van der Waals surface area contributed by atoms with Crippen LogP contribution in [-0.4, -0.2) is 84.6 Å². The highest BCUT2D eigenvalue weighted by Crippen LogP contribution is 2.52. The second-order valence-corrected chi connectivity index (χ2v) is 14.2. The molecule has 2 aliphatic carbocycles. The van der Waals surface area contributed by atoms with Crippen molar-refractivity contribution in [1.82, 2.24) is 10.2 Å². The Morgan fingerprint density at radius 2 is 1.69 bits per heavy atom. The van der Waals surface area contributed by atoms with Crippen molar-refractivity contribution in [3.63, 3.8) is 0 Å². The molecule has 0 aromatic heterocycles. The number of fused-ring (bicyclic) bond motifs is 2. The summed E-state index contributed by atoms with van der Waals surface area (Å²) in [6.45, 7) is -0.0943. The molecule has 1 heterocycles. The molecule has 3 amide bonds. The highest BCUT2D eigenvalue weighted by Gasteiger charge is 2.56. The van der Waals surface area contributed by atoms with Crippen LogP contribution in [0.15, 0.2) is 35.2 Å². The maximum atomic E-state index is 13.8. The summed E-state index contributed by atoms with van der Waals surface area (Å²) in [5, 5.41) is 25.6. The largest absolute Gasteiger partial charge is 0.453 e. The van der Waals surface area contributed by atoms with E-state index >= 15 is 0 Å². The first-order valence-corrected chi connectivity index (χ1v) is 16.1. The first-order chi connectivity index (χ1) is 21.2. The predicted octanol–water partition coefficient (Wildman–Crippen LogP) is 3.02. The van der Waals surface area contributed by atoms with Crippen molar-refractivity contribution >= 4 is 45.0 Å². The Bertz CT molecular complexity index is 1610. The van der Waals surface area contributed by atoms with Gasteiger partial charge in [-0.05, 0) is 62.1 Å². The number of hydrogen-bond donors (Lipinski definition) is 4. The molecule has 0 spiro atoms. The van der Waals surface area contributed by atoms with Crippen LogP contribution in [-0.2, 0) is 19.4 Å². The molecule has 6 atom stereocenters. The van der Waals surface area contributed by atoms with Gasteiger partial charge in [0, 0.05) is 36.5 Å². The number of anilines is 1. The maximum Gasteiger partial charge on any atom is 0.410 e. The summed E-state index contributed by atoms with van der Waals surface area (Å²) >= 11 is 6.27. The highest BCUT2D eigenvalue weighted by atomic mass is 35.5. The maximum absolute atomic E-state index is 13.8. The lowest BCUT2D eigenvalue weighted by atomic mass is 9.74. The van der Waals surface area contributed by atoms with Crippen molar-refractivity contribution in [1.29, 1.82) is 0 Å². The smallest absolute Gasteiger partial charge is 0.410 e. The van der Waals surface area contributed by atoms with E-state index in [0.29, 0.717) is 25.0 Å². The third kappa shape index (κ3) is 6.10. The number of benzene rings is 2. The molecule has 3 aliphatic rings. The van der Waals surface area contributed by atoms with Gasteiger partial charge in [0.15, 0.2) is 27.3 Å². The van der Waals surface area contributed by atoms with E-state index in [1.165, 1.54) is 12.1 Å². The number of aliphatic hydroxyl groups excluding tert-OH is 1. The fourth-order valence-electron chi connectivity index (χ4n) is 6.77. The number of likely N-dealkylation sites (tertiary alicyclic amines) is 1. The third-order valence-corrected chi connectivity index (χ3v) is 11.8. The van der Waals surface area contributed by atoms with Crippen molar-refractivity contribution in [2.75, 3.05) is 25.5 Å². The zero-order valence-electron chi connectivity index (χ0n) is 23.9. The molecular formula is C29H31ClF3N3O8S. The number of aliphatic hydroxyl groups is 2. The average molecular weight is 674 g/mol. The molecule has 16 heteroatoms. The Balaban J connectivity index is 1.29. The van der Waals surface area contributed by atoms with E-state index < -0.39 is 80.0 Å². The number of ether oxygens (including phenoxy) is 1. The minimum atomic E-state index is -4.16. The summed E-state index contributed by atoms with van der Waals surface area (Å²) < 4.78 is 72.8. The van der Waals surface area contributed by atoms with Crippen LogP contribution in [0, 0.1) is 29.3 Å². The second kappa shape index (κ2) is 12.4. The van der Waals surface area contributed by atoms with Crippen LogP contribution in [0.3, 0.4) is 0 Å². The molecule has 2 aromatic rings. The molecule has 3 fully saturated rings. The van der Waals surface area contributed by atoms with Gasteiger partial charge < -0.3 is 25.6 Å². The Kier molecular flexibility index (Phi) is 9.10. The van der Waals surface area contributed by atoms with Gasteiger partial charge in [-0.15, -0.1) is 0 Å². The van der Waals surface area contributed by atoms with Gasteiger partial charge in [-0.3, -0.25) is 14.5 Å². The number of sulfone groups is 1. The number of nitrogens with zero attached hydrogens (tertiary/aromatic N) is 1. The number of carbonyl (C=O) groups excluding carboxylic acids is 3. The Morgan fingerprint density at radius 1 is 1.07 bits per heavy atom. The van der Waals surface area contributed by atoms with Crippen LogP contribution in [0.2, 0.25) is 5.02 Å². The van der Waals surface area contributed by atoms with Crippen molar-refractivity contribution in [2.24, 2.45) is 11.8 Å². The molecule has 2 bridgehead atoms. The molecule has 2 saturated carbocycles. The van der Waals surface area contributed by atoms with E-state index in [0.717, 1.165) is 18.1 Å². The van der Waals surface area contributed by atoms with Gasteiger partial charge in [-0.1, -0.05) is 11.6 Å². The van der Waals surface area contributed by atoms with Gasteiger partial charge in [0.2, 0.25) is 5.91 Å². The van der Waals surface area contributed by atoms with Crippen LogP contribution in [0.4, 0.5) is 23.7 Å². The average Bonchev–Trinajstić information content (AvgIpc) is 3.41. The lowest BCUT2D eigenvalue weighted by molar-refractivity contribution is -0.130. The normalized spacial score (nSPS) is 27.7. The predicted molar refractivity (Wildman–Crippen MR) is 154 cm³/mol. The zero-order chi connectivity index (χ0) is 32.8. The third-order valence-electron chi connectivity index (χ3n) is 9.14. The summed E-state index contributed by atoms with van der Waals surface area (Å²) in [6, 6.07) is 3.44. The SMILES string of the molecule is COC(=O)N1CC[C@H](O)[C@H]1C(=O)NC[C@@]1(O)C2CC[C@H]1C[C@H](S(=O)(=O)c1cc(C(=O)Nc3cc(F)c(F)c(F)c3)ccc1Cl)C2. The quantitative estimate of drug-likeness (QED) is 0.326. The van der Waals surface area contributed by atoms with Gasteiger partial charge in [0.05, 0.1) is 34.0 Å². The van der Waals surface area contributed by atoms with Crippen LogP contribution in [0.25, 0.3) is 0 Å². The molecule has 2 aromatic carbocycles. The number of carbonyl (C=O) groups is 3. The van der Waals surface area contributed by atoms with Crippen molar-refractivity contribution in [2.45, 2.75) is 60.0 Å². The van der Waals surface area contributed by atoms with E-state index in [2.05, 4.69) is 15.4 Å². The zero-order valence-corrected chi connectivity index (χ0v) is 25.5. The summed E-state index contributed by atoms with van der Waals surface area (Å²) in [7, 11) is -3.00. The summed E-state index contributed by atoms with van der Waals surface area (Å²) in [5.74, 6) is -7.36. The molecule has 4 N–H and O–H groups in total. The molecule has 5 rings (SSSR count). The van der Waals surface area contributed by atoms with Crippen molar-refractivity contribution in [3.05, 3.63) is 58.4 Å². The Morgan fingerprint density at radius 3 is 2.29 bits per heavy atom. The van der Waals surface area contributed by atoms with Crippen LogP contribution in [0.5, 0.6) is 0 Å². The molecule has 11 nitrogen and oxygen atoms in total. The lowest BCUT2D eigenvalue weighted by Crippen LogP contribution is -2.58. The summed E-state index contributed by atoms with van der Waals surface area (Å²) in [6.07, 6.45) is -0.656. The van der Waals surface area contributed by atoms with Crippen LogP contribution < -0.4 is 10.6 Å². The molecular weight excluding hydrogens is 643 g/mol. The molecule has 45 heavy (non-hydrogen) atoms. The first kappa shape index (κ1) is 33.0. The molecule has 1 saturated heterocycles. The number of nitrogens with one attached hydrogen (secondary N) is 2. The van der Waals surface area contributed by atoms with Gasteiger partial charge in [0.25, 0.3) is 5.91 Å². The molecule has 0 radical (unpaired) electrons. The minimum Gasteiger partial charge on any atom is -0.453 e. The monoisotopic (exact) mass is 673 g/mol. The van der Waals surface area contributed by atoms with Gasteiger partial charge in [-0.2, -0.15) is 0 Å². The van der Waals surface area contributed by atoms with Crippen molar-refractivity contribution < 1.29 is 50.9 Å². The number of amides is 3. The van der Waals surface area contributed by atoms with E-state index in [4.69, 9.17) is 11.6 Å². The highest BCUT2D eigenvalue weighted by molar-refractivity contribution is 7.92. The van der Waals surface area contributed by atoms with Gasteiger partial charge in [0.1, 0.15) is 6.04 Å². The van der Waals surface area contributed by atoms with Crippen LogP contribution >= 0.6 is 11.6 Å². The number of rotatable bonds is 7. The van der Waals surface area contributed by atoms with Crippen LogP contribution in [0.1, 0.15) is 42.5 Å². The second-order valence-electron chi connectivity index (χ2n) is 11.6. The Hall–Kier alpha value is -3.40. The van der Waals surface area contributed by atoms with E-state index in [-0.39, 0.29) is 53.5 Å². The summed E-state index contributed by atoms with van der Waals surface area (Å²) in [5.41, 5.74) is -2.00. The first-order valence-electron chi connectivity index (χ1n) is 14.2. The molecule has 244 valence electrons. The molecule has 1 aliphatic heterocycles. The topological polar surface area (TPSA) is 162 Å². The lowest BCUT2D eigenvalue weighted by Gasteiger charge is -2.42. The standard InChI is InChI=1S/C29H31ClF3N3O8S/c1-44-28(40)36-7-6-22(37)25(36)27(39)34-13-29(41)15-3-4-16(29)10-18(9-15)45(42,43)23-8-14(2-5-19(23)30)26(38)35-17-11-20(31)24(33)21(32)12-17/h2,5,8,11-12,15-16,18,22,25,37,41H,3-4,6-7,9-10,13H2,1H3,(H,34,39)(H,35,38)/t15-,16?,18-,22-,25-,29-/m0/s1. The Labute approximate surface area is 261 Å². The number of methoxy groups -OCH3 is 1. The summed E-state index contributed by atoms with van der Waals surface area (Å²) in [4.78, 5) is 38.6. The van der Waals surface area contributed by atoms with Gasteiger partial charge >= 0.3 is 6.09 Å². The molecule has 1 unspecified atom stereocenters.